The molecule has 0 radical (unpaired) electrons. The molecule has 0 bridgehead atoms. The molecule has 0 saturated heterocycles. The molecule has 3 rings (SSSR count). The van der Waals surface area contributed by atoms with Gasteiger partial charge >= 0.3 is 5.97 Å². The van der Waals surface area contributed by atoms with Gasteiger partial charge in [-0.25, -0.2) is 4.79 Å². The van der Waals surface area contributed by atoms with Crippen molar-refractivity contribution >= 4 is 29.2 Å². The Morgan fingerprint density at radius 2 is 1.88 bits per heavy atom. The monoisotopic (exact) mass is 354 g/mol. The summed E-state index contributed by atoms with van der Waals surface area (Å²) in [5.41, 5.74) is 0.886. The van der Waals surface area contributed by atoms with Crippen LogP contribution in [-0.2, 0) is 9.59 Å². The molecule has 2 amide bonds. The minimum Gasteiger partial charge on any atom is -0.479 e. The van der Waals surface area contributed by atoms with Crippen LogP contribution >= 0.6 is 0 Å². The molecule has 0 fully saturated rings. The first-order valence-corrected chi connectivity index (χ1v) is 8.11. The van der Waals surface area contributed by atoms with E-state index in [1.807, 2.05) is 6.07 Å². The van der Waals surface area contributed by atoms with Crippen LogP contribution in [0.2, 0.25) is 0 Å². The van der Waals surface area contributed by atoms with Crippen LogP contribution in [0.15, 0.2) is 48.5 Å². The quantitative estimate of drug-likeness (QED) is 0.880. The number of carbonyl (C=O) groups is 3. The number of carboxylic acid groups (broad SMARTS) is 1. The summed E-state index contributed by atoms with van der Waals surface area (Å²) in [6.45, 7) is 3.18. The van der Waals surface area contributed by atoms with E-state index in [4.69, 9.17) is 4.74 Å². The van der Waals surface area contributed by atoms with Crippen LogP contribution in [0.4, 0.5) is 11.4 Å². The molecule has 2 N–H and O–H groups in total. The molecule has 0 spiro atoms. The smallest absolute Gasteiger partial charge is 0.335 e. The molecule has 2 atom stereocenters. The number of nitrogens with one attached hydrogen (secondary N) is 1. The Labute approximate surface area is 150 Å². The molecule has 0 aromatic heterocycles. The van der Waals surface area contributed by atoms with Gasteiger partial charge in [-0.1, -0.05) is 18.2 Å². The molecule has 0 aliphatic carbocycles. The zero-order valence-corrected chi connectivity index (χ0v) is 14.3. The minimum atomic E-state index is -1.12. The third-order valence-electron chi connectivity index (χ3n) is 4.16. The van der Waals surface area contributed by atoms with Gasteiger partial charge in [-0.2, -0.15) is 0 Å². The number of carbonyl (C=O) groups excluding carboxylic acids is 2. The van der Waals surface area contributed by atoms with Gasteiger partial charge in [0.15, 0.2) is 6.10 Å². The van der Waals surface area contributed by atoms with Crippen molar-refractivity contribution in [1.82, 2.24) is 0 Å². The molecular weight excluding hydrogens is 336 g/mol. The second-order valence-corrected chi connectivity index (χ2v) is 5.99. The number of amides is 2. The standard InChI is InChI=1S/C19H18N2O5/c1-11(17(22)20-14-6-4-3-5-7-14)21-15-10-13(19(24)25)8-9-16(15)26-12(2)18(21)23/h3-12H,1-2H3,(H,20,22)(H,24,25). The molecule has 7 heteroatoms. The first-order valence-electron chi connectivity index (χ1n) is 8.11. The molecule has 1 aliphatic heterocycles. The number of carboxylic acids is 1. The fourth-order valence-corrected chi connectivity index (χ4v) is 2.78. The first-order chi connectivity index (χ1) is 12.4. The number of hydrogen-bond acceptors (Lipinski definition) is 4. The largest absolute Gasteiger partial charge is 0.479 e. The molecule has 1 heterocycles. The van der Waals surface area contributed by atoms with Crippen LogP contribution in [-0.4, -0.2) is 35.0 Å². The fourth-order valence-electron chi connectivity index (χ4n) is 2.78. The number of rotatable bonds is 4. The molecule has 2 aromatic carbocycles. The third kappa shape index (κ3) is 3.23. The number of benzene rings is 2. The number of anilines is 2. The average Bonchev–Trinajstić information content (AvgIpc) is 2.62. The number of aromatic carboxylic acids is 1. The normalized spacial score (nSPS) is 17.1. The second kappa shape index (κ2) is 6.87. The second-order valence-electron chi connectivity index (χ2n) is 5.99. The van der Waals surface area contributed by atoms with E-state index in [0.717, 1.165) is 0 Å². The van der Waals surface area contributed by atoms with Gasteiger partial charge < -0.3 is 15.2 Å². The summed E-state index contributed by atoms with van der Waals surface area (Å²) in [6.07, 6.45) is -0.773. The highest BCUT2D eigenvalue weighted by molar-refractivity contribution is 6.08. The maximum Gasteiger partial charge on any atom is 0.335 e. The van der Waals surface area contributed by atoms with Crippen LogP contribution in [0.1, 0.15) is 24.2 Å². The van der Waals surface area contributed by atoms with Crippen LogP contribution in [0.5, 0.6) is 5.75 Å². The van der Waals surface area contributed by atoms with Crippen molar-refractivity contribution in [3.05, 3.63) is 54.1 Å². The molecule has 134 valence electrons. The van der Waals surface area contributed by atoms with Gasteiger partial charge in [0.2, 0.25) is 5.91 Å². The summed E-state index contributed by atoms with van der Waals surface area (Å²) in [5, 5.41) is 12.0. The van der Waals surface area contributed by atoms with Gasteiger partial charge in [-0.05, 0) is 44.2 Å². The van der Waals surface area contributed by atoms with Crippen molar-refractivity contribution in [1.29, 1.82) is 0 Å². The molecule has 26 heavy (non-hydrogen) atoms. The minimum absolute atomic E-state index is 0.00960. The lowest BCUT2D eigenvalue weighted by molar-refractivity contribution is -0.128. The fraction of sp³-hybridized carbons (Fsp3) is 0.211. The van der Waals surface area contributed by atoms with Crippen molar-refractivity contribution in [2.75, 3.05) is 10.2 Å². The number of hydrogen-bond donors (Lipinski definition) is 2. The van der Waals surface area contributed by atoms with Crippen molar-refractivity contribution in [2.24, 2.45) is 0 Å². The van der Waals surface area contributed by atoms with E-state index in [-0.39, 0.29) is 17.2 Å². The molecule has 2 unspecified atom stereocenters. The van der Waals surface area contributed by atoms with E-state index in [2.05, 4.69) is 5.32 Å². The average molecular weight is 354 g/mol. The lowest BCUT2D eigenvalue weighted by atomic mass is 10.1. The highest BCUT2D eigenvalue weighted by Gasteiger charge is 2.37. The highest BCUT2D eigenvalue weighted by Crippen LogP contribution is 2.36. The Morgan fingerprint density at radius 1 is 1.19 bits per heavy atom. The predicted molar refractivity (Wildman–Crippen MR) is 95.5 cm³/mol. The van der Waals surface area contributed by atoms with Gasteiger partial charge in [0.25, 0.3) is 5.91 Å². The number of para-hydroxylation sites is 1. The SMILES string of the molecule is CC1Oc2ccc(C(=O)O)cc2N(C(C)C(=O)Nc2ccccc2)C1=O. The molecule has 0 saturated carbocycles. The maximum atomic E-state index is 12.6. The Hall–Kier alpha value is -3.35. The predicted octanol–water partition coefficient (Wildman–Crippen LogP) is 2.53. The van der Waals surface area contributed by atoms with E-state index in [1.165, 1.54) is 23.1 Å². The summed E-state index contributed by atoms with van der Waals surface area (Å²) in [5.74, 6) is -1.55. The van der Waals surface area contributed by atoms with Crippen LogP contribution in [0.3, 0.4) is 0 Å². The maximum absolute atomic E-state index is 12.6. The van der Waals surface area contributed by atoms with E-state index in [9.17, 15) is 19.5 Å². The van der Waals surface area contributed by atoms with Crippen molar-refractivity contribution < 1.29 is 24.2 Å². The van der Waals surface area contributed by atoms with Gasteiger partial charge in [0, 0.05) is 5.69 Å². The van der Waals surface area contributed by atoms with Crippen molar-refractivity contribution in [2.45, 2.75) is 26.0 Å². The Morgan fingerprint density at radius 3 is 2.54 bits per heavy atom. The Kier molecular flexibility index (Phi) is 4.62. The van der Waals surface area contributed by atoms with Crippen LogP contribution in [0, 0.1) is 0 Å². The molecule has 2 aromatic rings. The van der Waals surface area contributed by atoms with Crippen LogP contribution in [0.25, 0.3) is 0 Å². The van der Waals surface area contributed by atoms with E-state index < -0.39 is 24.0 Å². The van der Waals surface area contributed by atoms with Crippen molar-refractivity contribution in [3.8, 4) is 5.75 Å². The zero-order valence-electron chi connectivity index (χ0n) is 14.3. The lowest BCUT2D eigenvalue weighted by Gasteiger charge is -2.36. The highest BCUT2D eigenvalue weighted by atomic mass is 16.5. The summed E-state index contributed by atoms with van der Waals surface area (Å²) in [4.78, 5) is 37.8. The summed E-state index contributed by atoms with van der Waals surface area (Å²) >= 11 is 0. The Balaban J connectivity index is 1.94. The Bertz CT molecular complexity index is 865. The van der Waals surface area contributed by atoms with Gasteiger partial charge in [0.05, 0.1) is 11.3 Å². The van der Waals surface area contributed by atoms with E-state index in [0.29, 0.717) is 11.4 Å². The first kappa shape index (κ1) is 17.5. The number of fused-ring (bicyclic) bond motifs is 1. The summed E-state index contributed by atoms with van der Waals surface area (Å²) in [6, 6.07) is 12.3. The topological polar surface area (TPSA) is 95.9 Å². The van der Waals surface area contributed by atoms with Gasteiger partial charge in [-0.3, -0.25) is 14.5 Å². The molecular formula is C19H18N2O5. The third-order valence-corrected chi connectivity index (χ3v) is 4.16. The number of nitrogens with zero attached hydrogens (tertiary/aromatic N) is 1. The van der Waals surface area contributed by atoms with Gasteiger partial charge in [0.1, 0.15) is 11.8 Å². The zero-order chi connectivity index (χ0) is 18.8. The molecule has 7 nitrogen and oxygen atoms in total. The molecule has 1 aliphatic rings. The van der Waals surface area contributed by atoms with Crippen LogP contribution < -0.4 is 15.0 Å². The lowest BCUT2D eigenvalue weighted by Crippen LogP contribution is -2.52. The van der Waals surface area contributed by atoms with E-state index >= 15 is 0 Å². The van der Waals surface area contributed by atoms with Gasteiger partial charge in [-0.15, -0.1) is 0 Å². The van der Waals surface area contributed by atoms with E-state index in [1.54, 1.807) is 38.1 Å². The summed E-state index contributed by atoms with van der Waals surface area (Å²) in [7, 11) is 0. The number of ether oxygens (including phenoxy) is 1. The van der Waals surface area contributed by atoms with Crippen molar-refractivity contribution in [3.63, 3.8) is 0 Å². The summed E-state index contributed by atoms with van der Waals surface area (Å²) < 4.78 is 5.54.